The highest BCUT2D eigenvalue weighted by Gasteiger charge is 2.25. The molecule has 1 aromatic rings. The van der Waals surface area contributed by atoms with Crippen molar-refractivity contribution in [2.45, 2.75) is 19.0 Å². The van der Waals surface area contributed by atoms with Crippen LogP contribution in [0.3, 0.4) is 0 Å². The van der Waals surface area contributed by atoms with Crippen LogP contribution < -0.4 is 5.73 Å². The van der Waals surface area contributed by atoms with Gasteiger partial charge in [-0.3, -0.25) is 9.69 Å². The van der Waals surface area contributed by atoms with Crippen LogP contribution >= 0.6 is 23.4 Å². The van der Waals surface area contributed by atoms with E-state index >= 15 is 0 Å². The van der Waals surface area contributed by atoms with Crippen LogP contribution in [-0.2, 0) is 11.3 Å². The standard InChI is InChI=1S/C16H23ClFN3OS/c1-23-9-4-15(19)16(22)21-7-5-20(6-8-21)11-12-2-3-13(18)10-14(12)17/h2-3,10,15H,4-9,11,19H2,1H3. The van der Waals surface area contributed by atoms with E-state index in [0.29, 0.717) is 31.1 Å². The fourth-order valence-electron chi connectivity index (χ4n) is 2.62. The Morgan fingerprint density at radius 1 is 1.39 bits per heavy atom. The minimum Gasteiger partial charge on any atom is -0.339 e. The molecule has 128 valence electrons. The van der Waals surface area contributed by atoms with E-state index < -0.39 is 6.04 Å². The van der Waals surface area contributed by atoms with Crippen LogP contribution in [0.25, 0.3) is 0 Å². The van der Waals surface area contributed by atoms with E-state index in [1.165, 1.54) is 12.1 Å². The molecule has 2 N–H and O–H groups in total. The maximum Gasteiger partial charge on any atom is 0.239 e. The summed E-state index contributed by atoms with van der Waals surface area (Å²) in [6.45, 7) is 3.55. The fraction of sp³-hybridized carbons (Fsp3) is 0.562. The molecular formula is C16H23ClFN3OS. The molecule has 4 nitrogen and oxygen atoms in total. The van der Waals surface area contributed by atoms with Crippen molar-refractivity contribution in [3.05, 3.63) is 34.6 Å². The first-order valence-electron chi connectivity index (χ1n) is 7.71. The number of hydrogen-bond donors (Lipinski definition) is 1. The molecule has 1 aromatic carbocycles. The summed E-state index contributed by atoms with van der Waals surface area (Å²) in [5.41, 5.74) is 6.86. The van der Waals surface area contributed by atoms with Gasteiger partial charge in [0.1, 0.15) is 5.82 Å². The number of nitrogens with zero attached hydrogens (tertiary/aromatic N) is 2. The highest BCUT2D eigenvalue weighted by molar-refractivity contribution is 7.98. The van der Waals surface area contributed by atoms with Crippen LogP contribution in [0.4, 0.5) is 4.39 Å². The van der Waals surface area contributed by atoms with Gasteiger partial charge in [0, 0.05) is 37.7 Å². The van der Waals surface area contributed by atoms with Crippen molar-refractivity contribution in [1.82, 2.24) is 9.80 Å². The Bertz CT molecular complexity index is 538. The van der Waals surface area contributed by atoms with Crippen molar-refractivity contribution in [3.63, 3.8) is 0 Å². The number of rotatable bonds is 6. The zero-order valence-electron chi connectivity index (χ0n) is 13.3. The van der Waals surface area contributed by atoms with E-state index in [9.17, 15) is 9.18 Å². The number of nitrogens with two attached hydrogens (primary N) is 1. The minimum absolute atomic E-state index is 0.0403. The van der Waals surface area contributed by atoms with Crippen LogP contribution in [0.5, 0.6) is 0 Å². The number of benzene rings is 1. The van der Waals surface area contributed by atoms with E-state index in [0.717, 1.165) is 24.4 Å². The largest absolute Gasteiger partial charge is 0.339 e. The molecule has 1 unspecified atom stereocenters. The highest BCUT2D eigenvalue weighted by Crippen LogP contribution is 2.20. The Hall–Kier alpha value is -0.820. The summed E-state index contributed by atoms with van der Waals surface area (Å²) < 4.78 is 13.1. The third kappa shape index (κ3) is 5.35. The van der Waals surface area contributed by atoms with Gasteiger partial charge in [0.05, 0.1) is 6.04 Å². The van der Waals surface area contributed by atoms with Crippen molar-refractivity contribution in [1.29, 1.82) is 0 Å². The molecule has 0 radical (unpaired) electrons. The van der Waals surface area contributed by atoms with Gasteiger partial charge in [0.25, 0.3) is 0 Å². The second-order valence-electron chi connectivity index (χ2n) is 5.73. The normalized spacial score (nSPS) is 17.3. The number of hydrogen-bond acceptors (Lipinski definition) is 4. The summed E-state index contributed by atoms with van der Waals surface area (Å²) in [5.74, 6) is 0.613. The van der Waals surface area contributed by atoms with E-state index in [1.807, 2.05) is 11.2 Å². The topological polar surface area (TPSA) is 49.6 Å². The van der Waals surface area contributed by atoms with Gasteiger partial charge in [-0.05, 0) is 36.1 Å². The summed E-state index contributed by atoms with van der Waals surface area (Å²) in [5, 5.41) is 0.447. The molecule has 1 aliphatic heterocycles. The first kappa shape index (κ1) is 18.5. The molecule has 1 aliphatic rings. The van der Waals surface area contributed by atoms with Crippen LogP contribution in [0, 0.1) is 5.82 Å². The Labute approximate surface area is 146 Å². The third-order valence-corrected chi connectivity index (χ3v) is 5.04. The molecule has 0 saturated carbocycles. The molecule has 23 heavy (non-hydrogen) atoms. The van der Waals surface area contributed by atoms with Gasteiger partial charge >= 0.3 is 0 Å². The lowest BCUT2D eigenvalue weighted by molar-refractivity contribution is -0.134. The molecule has 2 rings (SSSR count). The first-order chi connectivity index (χ1) is 11.0. The summed E-state index contributed by atoms with van der Waals surface area (Å²) >= 11 is 7.77. The Balaban J connectivity index is 1.82. The summed E-state index contributed by atoms with van der Waals surface area (Å²) in [6.07, 6.45) is 2.72. The molecular weight excluding hydrogens is 337 g/mol. The second kappa shape index (κ2) is 8.87. The van der Waals surface area contributed by atoms with Crippen molar-refractivity contribution in [2.75, 3.05) is 38.2 Å². The van der Waals surface area contributed by atoms with Crippen molar-refractivity contribution >= 4 is 29.3 Å². The molecule has 0 aliphatic carbocycles. The van der Waals surface area contributed by atoms with Gasteiger partial charge < -0.3 is 10.6 Å². The van der Waals surface area contributed by atoms with E-state index in [4.69, 9.17) is 17.3 Å². The average molecular weight is 360 g/mol. The van der Waals surface area contributed by atoms with Crippen molar-refractivity contribution in [3.8, 4) is 0 Å². The van der Waals surface area contributed by atoms with Gasteiger partial charge in [-0.25, -0.2) is 4.39 Å². The number of carbonyl (C=O) groups excluding carboxylic acids is 1. The molecule has 7 heteroatoms. The quantitative estimate of drug-likeness (QED) is 0.846. The predicted octanol–water partition coefficient (Wildman–Crippen LogP) is 2.20. The van der Waals surface area contributed by atoms with Crippen LogP contribution in [-0.4, -0.2) is 59.9 Å². The van der Waals surface area contributed by atoms with E-state index in [2.05, 4.69) is 4.90 Å². The zero-order valence-corrected chi connectivity index (χ0v) is 14.9. The molecule has 1 amide bonds. The van der Waals surface area contributed by atoms with Gasteiger partial charge in [-0.1, -0.05) is 17.7 Å². The monoisotopic (exact) mass is 359 g/mol. The van der Waals surface area contributed by atoms with Crippen LogP contribution in [0.2, 0.25) is 5.02 Å². The molecule has 0 spiro atoms. The number of piperazine rings is 1. The zero-order chi connectivity index (χ0) is 16.8. The van der Waals surface area contributed by atoms with E-state index in [-0.39, 0.29) is 11.7 Å². The van der Waals surface area contributed by atoms with Gasteiger partial charge in [-0.15, -0.1) is 0 Å². The summed E-state index contributed by atoms with van der Waals surface area (Å²) in [7, 11) is 0. The van der Waals surface area contributed by atoms with Crippen LogP contribution in [0.1, 0.15) is 12.0 Å². The molecule has 1 saturated heterocycles. The average Bonchev–Trinajstić information content (AvgIpc) is 2.55. The Morgan fingerprint density at radius 3 is 2.70 bits per heavy atom. The predicted molar refractivity (Wildman–Crippen MR) is 94.2 cm³/mol. The van der Waals surface area contributed by atoms with Gasteiger partial charge in [0.2, 0.25) is 5.91 Å². The SMILES string of the molecule is CSCCC(N)C(=O)N1CCN(Cc2ccc(F)cc2Cl)CC1. The fourth-order valence-corrected chi connectivity index (χ4v) is 3.34. The maximum atomic E-state index is 13.1. The number of amides is 1. The molecule has 1 atom stereocenters. The number of halogens is 2. The van der Waals surface area contributed by atoms with Crippen LogP contribution in [0.15, 0.2) is 18.2 Å². The molecule has 0 aromatic heterocycles. The van der Waals surface area contributed by atoms with Crippen molar-refractivity contribution in [2.24, 2.45) is 5.73 Å². The minimum atomic E-state index is -0.402. The summed E-state index contributed by atoms with van der Waals surface area (Å²) in [4.78, 5) is 16.3. The second-order valence-corrected chi connectivity index (χ2v) is 7.12. The number of carbonyl (C=O) groups is 1. The third-order valence-electron chi connectivity index (χ3n) is 4.04. The number of thioether (sulfide) groups is 1. The lowest BCUT2D eigenvalue weighted by Crippen LogP contribution is -2.53. The maximum absolute atomic E-state index is 13.1. The first-order valence-corrected chi connectivity index (χ1v) is 9.48. The molecule has 0 bridgehead atoms. The highest BCUT2D eigenvalue weighted by atomic mass is 35.5. The molecule has 1 heterocycles. The smallest absolute Gasteiger partial charge is 0.239 e. The lowest BCUT2D eigenvalue weighted by Gasteiger charge is -2.36. The molecule has 1 fully saturated rings. The Morgan fingerprint density at radius 2 is 2.09 bits per heavy atom. The van der Waals surface area contributed by atoms with Crippen molar-refractivity contribution < 1.29 is 9.18 Å². The summed E-state index contributed by atoms with van der Waals surface area (Å²) in [6, 6.07) is 4.07. The van der Waals surface area contributed by atoms with Gasteiger partial charge in [-0.2, -0.15) is 11.8 Å². The lowest BCUT2D eigenvalue weighted by atomic mass is 10.1. The van der Waals surface area contributed by atoms with E-state index in [1.54, 1.807) is 17.8 Å². The Kier molecular flexibility index (Phi) is 7.14. The van der Waals surface area contributed by atoms with Gasteiger partial charge in [0.15, 0.2) is 0 Å².